The van der Waals surface area contributed by atoms with Crippen LogP contribution in [0.15, 0.2) is 52.4 Å². The Morgan fingerprint density at radius 3 is 2.72 bits per heavy atom. The average Bonchev–Trinajstić information content (AvgIpc) is 3.38. The summed E-state index contributed by atoms with van der Waals surface area (Å²) in [7, 11) is 0. The highest BCUT2D eigenvalue weighted by Gasteiger charge is 2.19. The van der Waals surface area contributed by atoms with Gasteiger partial charge in [0.2, 0.25) is 5.95 Å². The summed E-state index contributed by atoms with van der Waals surface area (Å²) in [5.74, 6) is -1.99. The molecule has 0 bridgehead atoms. The van der Waals surface area contributed by atoms with E-state index in [1.54, 1.807) is 6.92 Å². The molecule has 2 atom stereocenters. The van der Waals surface area contributed by atoms with Crippen LogP contribution in [0.5, 0.6) is 0 Å². The third-order valence-corrected chi connectivity index (χ3v) is 4.95. The molecule has 0 saturated carbocycles. The minimum absolute atomic E-state index is 0.0173. The predicted octanol–water partition coefficient (Wildman–Crippen LogP) is 4.54. The SMILES string of the molecule is C[C@H](F)c1coc(=O)n1-c1ccnc(N[C@@H](C)c2cn(-c3cc(F)c(Cl)cc3F)cn2)n1. The van der Waals surface area contributed by atoms with Gasteiger partial charge in [-0.15, -0.1) is 0 Å². The molecule has 12 heteroatoms. The summed E-state index contributed by atoms with van der Waals surface area (Å²) in [6, 6.07) is 2.84. The quantitative estimate of drug-likeness (QED) is 0.421. The molecule has 0 aliphatic rings. The van der Waals surface area contributed by atoms with Crippen LogP contribution >= 0.6 is 11.6 Å². The third-order valence-electron chi connectivity index (χ3n) is 4.66. The highest BCUT2D eigenvalue weighted by Crippen LogP contribution is 2.24. The Morgan fingerprint density at radius 2 is 1.97 bits per heavy atom. The maximum atomic E-state index is 14.2. The molecule has 0 radical (unpaired) electrons. The Labute approximate surface area is 184 Å². The molecule has 0 aliphatic heterocycles. The number of aromatic nitrogens is 5. The number of imidazole rings is 1. The van der Waals surface area contributed by atoms with E-state index in [-0.39, 0.29) is 28.2 Å². The normalized spacial score (nSPS) is 13.2. The molecular weight excluding hydrogens is 449 g/mol. The lowest BCUT2D eigenvalue weighted by atomic mass is 10.2. The standard InChI is InChI=1S/C20H16ClF3N6O2/c1-10(22)17-8-32-20(31)30(17)18-3-4-25-19(28-18)27-11(2)15-7-29(9-26-15)16-6-13(23)12(21)5-14(16)24/h3-11H,1-2H3,(H,25,27,28)/t10-,11-/m0/s1. The number of anilines is 1. The van der Waals surface area contributed by atoms with E-state index in [9.17, 15) is 18.0 Å². The second-order valence-electron chi connectivity index (χ2n) is 6.91. The Bertz CT molecular complexity index is 1330. The van der Waals surface area contributed by atoms with Crippen molar-refractivity contribution in [2.75, 3.05) is 5.32 Å². The minimum atomic E-state index is -1.45. The molecular formula is C20H16ClF3N6O2. The van der Waals surface area contributed by atoms with Gasteiger partial charge in [-0.05, 0) is 19.9 Å². The van der Waals surface area contributed by atoms with Crippen LogP contribution in [0.1, 0.15) is 37.4 Å². The Balaban J connectivity index is 1.58. The Morgan fingerprint density at radius 1 is 1.19 bits per heavy atom. The van der Waals surface area contributed by atoms with Crippen LogP contribution < -0.4 is 11.1 Å². The lowest BCUT2D eigenvalue weighted by molar-refractivity contribution is 0.360. The van der Waals surface area contributed by atoms with Crippen LogP contribution in [0.3, 0.4) is 0 Å². The van der Waals surface area contributed by atoms with E-state index in [1.807, 2.05) is 0 Å². The lowest BCUT2D eigenvalue weighted by Crippen LogP contribution is -2.18. The zero-order valence-electron chi connectivity index (χ0n) is 16.8. The summed E-state index contributed by atoms with van der Waals surface area (Å²) in [5, 5.41) is 2.68. The van der Waals surface area contributed by atoms with Crippen LogP contribution in [0.4, 0.5) is 19.1 Å². The first kappa shape index (κ1) is 21.6. The van der Waals surface area contributed by atoms with Crippen LogP contribution in [0.2, 0.25) is 5.02 Å². The zero-order chi connectivity index (χ0) is 23.0. The number of hydrogen-bond donors (Lipinski definition) is 1. The molecule has 0 fully saturated rings. The van der Waals surface area contributed by atoms with Crippen LogP contribution in [-0.2, 0) is 0 Å². The fraction of sp³-hybridized carbons (Fsp3) is 0.200. The van der Waals surface area contributed by atoms with Crippen molar-refractivity contribution in [2.24, 2.45) is 0 Å². The van der Waals surface area contributed by atoms with Gasteiger partial charge in [-0.1, -0.05) is 11.6 Å². The van der Waals surface area contributed by atoms with Crippen molar-refractivity contribution in [3.8, 4) is 11.5 Å². The molecule has 0 saturated heterocycles. The molecule has 4 aromatic rings. The maximum absolute atomic E-state index is 14.2. The maximum Gasteiger partial charge on any atom is 0.425 e. The van der Waals surface area contributed by atoms with E-state index in [1.165, 1.54) is 36.3 Å². The third kappa shape index (κ3) is 4.11. The number of alkyl halides is 1. The Hall–Kier alpha value is -3.60. The molecule has 0 aliphatic carbocycles. The summed E-state index contributed by atoms with van der Waals surface area (Å²) in [5.41, 5.74) is 0.444. The van der Waals surface area contributed by atoms with E-state index in [0.717, 1.165) is 23.0 Å². The lowest BCUT2D eigenvalue weighted by Gasteiger charge is -2.13. The van der Waals surface area contributed by atoms with Crippen molar-refractivity contribution in [3.63, 3.8) is 0 Å². The van der Waals surface area contributed by atoms with E-state index in [4.69, 9.17) is 16.0 Å². The molecule has 0 amide bonds. The minimum Gasteiger partial charge on any atom is -0.416 e. The van der Waals surface area contributed by atoms with E-state index < -0.39 is 29.6 Å². The van der Waals surface area contributed by atoms with E-state index in [2.05, 4.69) is 20.3 Å². The number of nitrogens with zero attached hydrogens (tertiary/aromatic N) is 5. The van der Waals surface area contributed by atoms with Gasteiger partial charge in [-0.3, -0.25) is 0 Å². The Kier molecular flexibility index (Phi) is 5.74. The summed E-state index contributed by atoms with van der Waals surface area (Å²) in [6.45, 7) is 3.02. The number of nitrogens with one attached hydrogen (secondary N) is 1. The first-order valence-electron chi connectivity index (χ1n) is 9.38. The number of benzene rings is 1. The van der Waals surface area contributed by atoms with Gasteiger partial charge in [0.05, 0.1) is 28.8 Å². The van der Waals surface area contributed by atoms with Gasteiger partial charge >= 0.3 is 5.76 Å². The van der Waals surface area contributed by atoms with Crippen molar-refractivity contribution in [1.29, 1.82) is 0 Å². The van der Waals surface area contributed by atoms with Crippen molar-refractivity contribution < 1.29 is 17.6 Å². The summed E-state index contributed by atoms with van der Waals surface area (Å²) in [4.78, 5) is 24.5. The monoisotopic (exact) mass is 464 g/mol. The molecule has 4 rings (SSSR count). The highest BCUT2D eigenvalue weighted by atomic mass is 35.5. The van der Waals surface area contributed by atoms with E-state index in [0.29, 0.717) is 5.69 Å². The number of oxazole rings is 1. The topological polar surface area (TPSA) is 90.8 Å². The summed E-state index contributed by atoms with van der Waals surface area (Å²) in [6.07, 6.45) is 3.83. The van der Waals surface area contributed by atoms with Gasteiger partial charge in [-0.2, -0.15) is 4.98 Å². The summed E-state index contributed by atoms with van der Waals surface area (Å²) < 4.78 is 48.8. The molecule has 1 aromatic carbocycles. The zero-order valence-corrected chi connectivity index (χ0v) is 17.5. The van der Waals surface area contributed by atoms with Gasteiger partial charge in [0, 0.05) is 24.5 Å². The van der Waals surface area contributed by atoms with Gasteiger partial charge < -0.3 is 14.3 Å². The largest absolute Gasteiger partial charge is 0.425 e. The molecule has 8 nitrogen and oxygen atoms in total. The fourth-order valence-corrected chi connectivity index (χ4v) is 3.18. The highest BCUT2D eigenvalue weighted by molar-refractivity contribution is 6.30. The molecule has 166 valence electrons. The molecule has 0 spiro atoms. The van der Waals surface area contributed by atoms with E-state index >= 15 is 0 Å². The van der Waals surface area contributed by atoms with Gasteiger partial charge in [0.15, 0.2) is 0 Å². The molecule has 3 aromatic heterocycles. The van der Waals surface area contributed by atoms with Gasteiger partial charge in [-0.25, -0.2) is 32.5 Å². The molecule has 32 heavy (non-hydrogen) atoms. The van der Waals surface area contributed by atoms with Crippen molar-refractivity contribution >= 4 is 17.5 Å². The van der Waals surface area contributed by atoms with Gasteiger partial charge in [0.1, 0.15) is 35.6 Å². The number of rotatable bonds is 6. The molecule has 1 N–H and O–H groups in total. The second kappa shape index (κ2) is 8.50. The van der Waals surface area contributed by atoms with Crippen LogP contribution in [0, 0.1) is 11.6 Å². The summed E-state index contributed by atoms with van der Waals surface area (Å²) >= 11 is 5.59. The van der Waals surface area contributed by atoms with Crippen LogP contribution in [0.25, 0.3) is 11.5 Å². The first-order valence-corrected chi connectivity index (χ1v) is 9.75. The fourth-order valence-electron chi connectivity index (χ4n) is 3.03. The molecule has 3 heterocycles. The van der Waals surface area contributed by atoms with Crippen molar-refractivity contribution in [1.82, 2.24) is 24.1 Å². The smallest absolute Gasteiger partial charge is 0.416 e. The van der Waals surface area contributed by atoms with Crippen molar-refractivity contribution in [2.45, 2.75) is 26.1 Å². The van der Waals surface area contributed by atoms with Crippen LogP contribution in [-0.4, -0.2) is 24.1 Å². The first-order chi connectivity index (χ1) is 15.2. The molecule has 0 unspecified atom stereocenters. The number of hydrogen-bond acceptors (Lipinski definition) is 6. The predicted molar refractivity (Wildman–Crippen MR) is 110 cm³/mol. The second-order valence-corrected chi connectivity index (χ2v) is 7.31. The number of halogens is 4. The average molecular weight is 465 g/mol. The van der Waals surface area contributed by atoms with Gasteiger partial charge in [0.25, 0.3) is 0 Å². The van der Waals surface area contributed by atoms with Crippen molar-refractivity contribution in [3.05, 3.63) is 81.8 Å².